The van der Waals surface area contributed by atoms with Gasteiger partial charge in [0.05, 0.1) is 0 Å². The van der Waals surface area contributed by atoms with Gasteiger partial charge in [0.15, 0.2) is 0 Å². The van der Waals surface area contributed by atoms with Crippen LogP contribution in [-0.4, -0.2) is 56.4 Å². The van der Waals surface area contributed by atoms with Gasteiger partial charge in [0.1, 0.15) is 9.92 Å². The van der Waals surface area contributed by atoms with Crippen LogP contribution in [0.5, 0.6) is 0 Å². The Morgan fingerprint density at radius 3 is 2.41 bits per heavy atom. The van der Waals surface area contributed by atoms with Crippen molar-refractivity contribution in [3.05, 3.63) is 35.9 Å². The number of nitrogens with one attached hydrogen (secondary N) is 2. The quantitative estimate of drug-likeness (QED) is 0.794. The molecule has 0 radical (unpaired) electrons. The lowest BCUT2D eigenvalue weighted by Crippen LogP contribution is -2.39. The van der Waals surface area contributed by atoms with Gasteiger partial charge in [-0.05, 0) is 5.56 Å². The van der Waals surface area contributed by atoms with Crippen LogP contribution in [0.3, 0.4) is 0 Å². The van der Waals surface area contributed by atoms with Crippen LogP contribution in [0, 0.1) is 0 Å². The van der Waals surface area contributed by atoms with E-state index in [-0.39, 0.29) is 12.0 Å². The first-order valence-electron chi connectivity index (χ1n) is 6.90. The zero-order valence-electron chi connectivity index (χ0n) is 12.9. The van der Waals surface area contributed by atoms with E-state index in [0.717, 1.165) is 5.56 Å². The van der Waals surface area contributed by atoms with E-state index >= 15 is 0 Å². The molecule has 1 aromatic carbocycles. The predicted molar refractivity (Wildman–Crippen MR) is 88.1 cm³/mol. The maximum Gasteiger partial charge on any atom is 0.328 e. The molecule has 1 fully saturated rings. The number of rotatable bonds is 5. The largest absolute Gasteiger partial charge is 0.328 e. The van der Waals surface area contributed by atoms with Crippen molar-refractivity contribution in [3.8, 4) is 0 Å². The lowest BCUT2D eigenvalue weighted by Gasteiger charge is -2.19. The van der Waals surface area contributed by atoms with E-state index < -0.39 is 20.1 Å². The van der Waals surface area contributed by atoms with Crippen molar-refractivity contribution >= 4 is 20.1 Å². The Kier molecular flexibility index (Phi) is 5.23. The van der Waals surface area contributed by atoms with Gasteiger partial charge in [-0.3, -0.25) is 0 Å². The summed E-state index contributed by atoms with van der Waals surface area (Å²) >= 11 is 0. The van der Waals surface area contributed by atoms with Crippen molar-refractivity contribution < 1.29 is 12.6 Å². The minimum Gasteiger partial charge on any atom is -0.314 e. The highest BCUT2D eigenvalue weighted by molar-refractivity contribution is 8.00. The smallest absolute Gasteiger partial charge is 0.314 e. The van der Waals surface area contributed by atoms with Crippen LogP contribution in [0.4, 0.5) is 0 Å². The maximum absolute atomic E-state index is 12.2. The van der Waals surface area contributed by atoms with Crippen LogP contribution < -0.4 is 10.0 Å². The predicted octanol–water partition coefficient (Wildman–Crippen LogP) is 0.151. The Labute approximate surface area is 132 Å². The lowest BCUT2D eigenvalue weighted by atomic mass is 9.95. The molecular formula is C13H22N4O3S2. The standard InChI is InChI=1S/C13H22N4O3S2/c1-17(2)21(3,18)16-22(19,20)15-13-10-14-9-12(13)11-7-5-4-6-8-11/h4-8,12-15H,9-10H2,1-3H3/t12-,13+,21?/m0/s1. The molecule has 1 aromatic rings. The molecule has 0 amide bonds. The molecule has 22 heavy (non-hydrogen) atoms. The van der Waals surface area contributed by atoms with Crippen LogP contribution in [0.15, 0.2) is 34.1 Å². The summed E-state index contributed by atoms with van der Waals surface area (Å²) in [6.45, 7) is 1.20. The molecule has 2 rings (SSSR count). The fraction of sp³-hybridized carbons (Fsp3) is 0.538. The highest BCUT2D eigenvalue weighted by atomic mass is 32.3. The van der Waals surface area contributed by atoms with Crippen LogP contribution >= 0.6 is 0 Å². The van der Waals surface area contributed by atoms with Gasteiger partial charge >= 0.3 is 10.2 Å². The van der Waals surface area contributed by atoms with Gasteiger partial charge in [0.25, 0.3) is 0 Å². The van der Waals surface area contributed by atoms with E-state index in [4.69, 9.17) is 0 Å². The van der Waals surface area contributed by atoms with E-state index in [1.165, 1.54) is 24.7 Å². The van der Waals surface area contributed by atoms with Crippen LogP contribution in [0.25, 0.3) is 0 Å². The number of nitrogens with zero attached hydrogens (tertiary/aromatic N) is 2. The normalized spacial score (nSPS) is 25.1. The Morgan fingerprint density at radius 1 is 1.18 bits per heavy atom. The van der Waals surface area contributed by atoms with Crippen molar-refractivity contribution in [1.29, 1.82) is 0 Å². The topological polar surface area (TPSA) is 90.9 Å². The van der Waals surface area contributed by atoms with E-state index in [0.29, 0.717) is 13.1 Å². The molecule has 1 aliphatic heterocycles. The minimum absolute atomic E-state index is 0.0263. The van der Waals surface area contributed by atoms with Crippen LogP contribution in [0.2, 0.25) is 0 Å². The van der Waals surface area contributed by atoms with Crippen LogP contribution in [0.1, 0.15) is 11.5 Å². The maximum atomic E-state index is 12.2. The van der Waals surface area contributed by atoms with Crippen molar-refractivity contribution in [2.75, 3.05) is 33.4 Å². The minimum atomic E-state index is -3.99. The summed E-state index contributed by atoms with van der Waals surface area (Å²) in [5, 5.41) is 3.18. The third-order valence-electron chi connectivity index (χ3n) is 3.66. The molecule has 124 valence electrons. The van der Waals surface area contributed by atoms with Crippen molar-refractivity contribution in [2.45, 2.75) is 12.0 Å². The van der Waals surface area contributed by atoms with Crippen LogP contribution in [-0.2, 0) is 20.1 Å². The molecule has 1 unspecified atom stereocenters. The second kappa shape index (κ2) is 6.63. The molecule has 0 spiro atoms. The van der Waals surface area contributed by atoms with Gasteiger partial charge in [0.2, 0.25) is 0 Å². The van der Waals surface area contributed by atoms with Gasteiger partial charge < -0.3 is 5.32 Å². The Bertz CT molecular complexity index is 725. The number of benzene rings is 1. The first kappa shape index (κ1) is 17.4. The van der Waals surface area contributed by atoms with E-state index in [1.807, 2.05) is 30.3 Å². The van der Waals surface area contributed by atoms with Gasteiger partial charge in [-0.15, -0.1) is 0 Å². The average Bonchev–Trinajstić information content (AvgIpc) is 2.85. The van der Waals surface area contributed by atoms with Crippen molar-refractivity contribution in [1.82, 2.24) is 14.3 Å². The summed E-state index contributed by atoms with van der Waals surface area (Å²) in [4.78, 5) is 0. The van der Waals surface area contributed by atoms with Gasteiger partial charge in [-0.1, -0.05) is 34.1 Å². The number of hydrogen-bond donors (Lipinski definition) is 2. The molecule has 3 atom stereocenters. The van der Waals surface area contributed by atoms with Gasteiger partial charge in [-0.2, -0.15) is 13.1 Å². The van der Waals surface area contributed by atoms with Gasteiger partial charge in [0, 0.05) is 45.4 Å². The molecule has 0 bridgehead atoms. The molecule has 0 saturated carbocycles. The lowest BCUT2D eigenvalue weighted by molar-refractivity contribution is 0.542. The average molecular weight is 346 g/mol. The van der Waals surface area contributed by atoms with Crippen molar-refractivity contribution in [3.63, 3.8) is 0 Å². The van der Waals surface area contributed by atoms with Gasteiger partial charge in [-0.25, -0.2) is 8.51 Å². The summed E-state index contributed by atoms with van der Waals surface area (Å²) in [5.41, 5.74) is 1.06. The molecular weight excluding hydrogens is 324 g/mol. The highest BCUT2D eigenvalue weighted by Crippen LogP contribution is 2.23. The summed E-state index contributed by atoms with van der Waals surface area (Å²) in [6, 6.07) is 9.40. The molecule has 0 aliphatic carbocycles. The Morgan fingerprint density at radius 2 is 1.82 bits per heavy atom. The second-order valence-corrected chi connectivity index (χ2v) is 9.56. The summed E-state index contributed by atoms with van der Waals surface area (Å²) in [5.74, 6) is 0.0263. The molecule has 0 aromatic heterocycles. The second-order valence-electron chi connectivity index (χ2n) is 5.52. The fourth-order valence-corrected chi connectivity index (χ4v) is 5.11. The fourth-order valence-electron chi connectivity index (χ4n) is 2.31. The first-order chi connectivity index (χ1) is 10.2. The summed E-state index contributed by atoms with van der Waals surface area (Å²) in [7, 11) is -3.87. The number of hydrogen-bond acceptors (Lipinski definition) is 4. The highest BCUT2D eigenvalue weighted by Gasteiger charge is 2.32. The molecule has 2 N–H and O–H groups in total. The third-order valence-corrected chi connectivity index (χ3v) is 7.50. The van der Waals surface area contributed by atoms with E-state index in [9.17, 15) is 12.6 Å². The van der Waals surface area contributed by atoms with E-state index in [2.05, 4.69) is 13.8 Å². The summed E-state index contributed by atoms with van der Waals surface area (Å²) < 4.78 is 43.9. The zero-order chi connectivity index (χ0) is 16.4. The Balaban J connectivity index is 2.21. The molecule has 1 heterocycles. The third kappa shape index (κ3) is 4.26. The molecule has 1 aliphatic rings. The Hall–Kier alpha value is -1.00. The zero-order valence-corrected chi connectivity index (χ0v) is 14.5. The van der Waals surface area contributed by atoms with E-state index in [1.54, 1.807) is 0 Å². The summed E-state index contributed by atoms with van der Waals surface area (Å²) in [6.07, 6.45) is 1.30. The first-order valence-corrected chi connectivity index (χ1v) is 10.2. The van der Waals surface area contributed by atoms with Crippen molar-refractivity contribution in [2.24, 2.45) is 3.77 Å². The molecule has 9 heteroatoms. The SMILES string of the molecule is CN(C)S(C)(=O)=NS(=O)(=O)N[C@@H]1CNC[C@H]1c1ccccc1. The monoisotopic (exact) mass is 346 g/mol. The molecule has 1 saturated heterocycles. The molecule has 7 nitrogen and oxygen atoms in total.